The second-order valence-electron chi connectivity index (χ2n) is 4.01. The van der Waals surface area contributed by atoms with Crippen molar-refractivity contribution >= 4 is 23.8 Å². The van der Waals surface area contributed by atoms with Crippen molar-refractivity contribution in [3.63, 3.8) is 0 Å². The van der Waals surface area contributed by atoms with Crippen LogP contribution in [0.2, 0.25) is 0 Å². The van der Waals surface area contributed by atoms with Crippen LogP contribution in [0.5, 0.6) is 0 Å². The highest BCUT2D eigenvalue weighted by Crippen LogP contribution is 2.32. The standard InChI is InChI=1S/C10H16F2N2O3S/c1-3-8-14(6(5-18-8)9(15)16)10(17)13(2)4-7(11)12/h6-8H,3-5H2,1-2H3,(H,15,16). The van der Waals surface area contributed by atoms with E-state index in [-0.39, 0.29) is 5.37 Å². The van der Waals surface area contributed by atoms with E-state index in [9.17, 15) is 18.4 Å². The van der Waals surface area contributed by atoms with Crippen molar-refractivity contribution in [3.05, 3.63) is 0 Å². The molecule has 0 radical (unpaired) electrons. The van der Waals surface area contributed by atoms with Gasteiger partial charge < -0.3 is 10.0 Å². The van der Waals surface area contributed by atoms with Gasteiger partial charge in [-0.3, -0.25) is 4.90 Å². The fourth-order valence-corrected chi connectivity index (χ4v) is 3.15. The third kappa shape index (κ3) is 3.24. The van der Waals surface area contributed by atoms with Gasteiger partial charge in [0.15, 0.2) is 0 Å². The highest BCUT2D eigenvalue weighted by Gasteiger charge is 2.42. The lowest BCUT2D eigenvalue weighted by molar-refractivity contribution is -0.141. The van der Waals surface area contributed by atoms with Crippen LogP contribution in [0.4, 0.5) is 13.6 Å². The predicted molar refractivity (Wildman–Crippen MR) is 63.8 cm³/mol. The van der Waals surface area contributed by atoms with E-state index in [0.29, 0.717) is 12.2 Å². The average molecular weight is 282 g/mol. The highest BCUT2D eigenvalue weighted by molar-refractivity contribution is 8.00. The van der Waals surface area contributed by atoms with Crippen molar-refractivity contribution in [2.24, 2.45) is 0 Å². The van der Waals surface area contributed by atoms with E-state index < -0.39 is 31.0 Å². The van der Waals surface area contributed by atoms with Gasteiger partial charge >= 0.3 is 12.0 Å². The number of carboxylic acid groups (broad SMARTS) is 1. The number of hydrogen-bond acceptors (Lipinski definition) is 3. The summed E-state index contributed by atoms with van der Waals surface area (Å²) in [5.41, 5.74) is 0. The van der Waals surface area contributed by atoms with Crippen LogP contribution in [0.1, 0.15) is 13.3 Å². The summed E-state index contributed by atoms with van der Waals surface area (Å²) in [5.74, 6) is -0.806. The molecule has 1 fully saturated rings. The lowest BCUT2D eigenvalue weighted by Gasteiger charge is -2.31. The fourth-order valence-electron chi connectivity index (χ4n) is 1.81. The molecule has 1 saturated heterocycles. The van der Waals surface area contributed by atoms with Gasteiger partial charge in [-0.2, -0.15) is 0 Å². The molecule has 0 aromatic rings. The summed E-state index contributed by atoms with van der Waals surface area (Å²) < 4.78 is 24.5. The van der Waals surface area contributed by atoms with Crippen molar-refractivity contribution < 1.29 is 23.5 Å². The summed E-state index contributed by atoms with van der Waals surface area (Å²) in [6.45, 7) is 1.14. The van der Waals surface area contributed by atoms with Crippen LogP contribution in [-0.2, 0) is 4.79 Å². The van der Waals surface area contributed by atoms with Crippen LogP contribution in [-0.4, -0.2) is 64.1 Å². The van der Waals surface area contributed by atoms with E-state index >= 15 is 0 Å². The van der Waals surface area contributed by atoms with E-state index in [2.05, 4.69) is 0 Å². The van der Waals surface area contributed by atoms with Crippen molar-refractivity contribution in [3.8, 4) is 0 Å². The first-order valence-corrected chi connectivity index (χ1v) is 6.59. The molecule has 0 saturated carbocycles. The Morgan fingerprint density at radius 2 is 2.17 bits per heavy atom. The van der Waals surface area contributed by atoms with Crippen LogP contribution in [0, 0.1) is 0 Å². The number of rotatable bonds is 4. The number of alkyl halides is 2. The summed E-state index contributed by atoms with van der Waals surface area (Å²) in [6.07, 6.45) is -2.04. The summed E-state index contributed by atoms with van der Waals surface area (Å²) in [6, 6.07) is -1.59. The molecule has 0 bridgehead atoms. The highest BCUT2D eigenvalue weighted by atomic mass is 32.2. The molecule has 0 aromatic carbocycles. The number of urea groups is 1. The Morgan fingerprint density at radius 3 is 2.61 bits per heavy atom. The van der Waals surface area contributed by atoms with Crippen molar-refractivity contribution in [1.82, 2.24) is 9.80 Å². The summed E-state index contributed by atoms with van der Waals surface area (Å²) >= 11 is 1.36. The zero-order chi connectivity index (χ0) is 13.9. The lowest BCUT2D eigenvalue weighted by atomic mass is 10.2. The first-order chi connectivity index (χ1) is 8.38. The second-order valence-corrected chi connectivity index (χ2v) is 5.22. The molecule has 1 aliphatic heterocycles. The molecule has 5 nitrogen and oxygen atoms in total. The number of nitrogens with zero attached hydrogens (tertiary/aromatic N) is 2. The van der Waals surface area contributed by atoms with E-state index in [0.717, 1.165) is 4.90 Å². The van der Waals surface area contributed by atoms with Gasteiger partial charge in [-0.15, -0.1) is 11.8 Å². The molecule has 1 aliphatic rings. The maximum Gasteiger partial charge on any atom is 0.327 e. The molecule has 1 rings (SSSR count). The van der Waals surface area contributed by atoms with Crippen molar-refractivity contribution in [1.29, 1.82) is 0 Å². The third-order valence-electron chi connectivity index (χ3n) is 2.69. The zero-order valence-corrected chi connectivity index (χ0v) is 11.0. The monoisotopic (exact) mass is 282 g/mol. The molecule has 1 heterocycles. The van der Waals surface area contributed by atoms with E-state index in [4.69, 9.17) is 5.11 Å². The third-order valence-corrected chi connectivity index (χ3v) is 4.14. The predicted octanol–water partition coefficient (Wildman–Crippen LogP) is 1.54. The van der Waals surface area contributed by atoms with E-state index in [1.54, 1.807) is 0 Å². The first kappa shape index (κ1) is 15.0. The molecule has 8 heteroatoms. The van der Waals surface area contributed by atoms with Gasteiger partial charge in [-0.05, 0) is 6.42 Å². The molecule has 0 aromatic heterocycles. The van der Waals surface area contributed by atoms with Gasteiger partial charge in [0.2, 0.25) is 0 Å². The topological polar surface area (TPSA) is 60.9 Å². The molecular formula is C10H16F2N2O3S. The van der Waals surface area contributed by atoms with Gasteiger partial charge in [0, 0.05) is 12.8 Å². The van der Waals surface area contributed by atoms with Crippen LogP contribution < -0.4 is 0 Å². The summed E-state index contributed by atoms with van der Waals surface area (Å²) in [5, 5.41) is 8.77. The number of amides is 2. The minimum Gasteiger partial charge on any atom is -0.480 e. The van der Waals surface area contributed by atoms with Gasteiger partial charge in [0.1, 0.15) is 6.04 Å². The number of carbonyl (C=O) groups is 2. The average Bonchev–Trinajstić information content (AvgIpc) is 2.70. The number of carbonyl (C=O) groups excluding carboxylic acids is 1. The molecule has 0 spiro atoms. The molecule has 2 amide bonds. The molecule has 1 N–H and O–H groups in total. The lowest BCUT2D eigenvalue weighted by Crippen LogP contribution is -2.51. The maximum absolute atomic E-state index is 12.2. The number of carboxylic acids is 1. The van der Waals surface area contributed by atoms with Gasteiger partial charge in [0.25, 0.3) is 6.43 Å². The Kier molecular flexibility index (Phi) is 5.18. The van der Waals surface area contributed by atoms with Crippen LogP contribution in [0.25, 0.3) is 0 Å². The Bertz CT molecular complexity index is 330. The molecule has 0 aliphatic carbocycles. The summed E-state index contributed by atoms with van der Waals surface area (Å²) in [4.78, 5) is 25.1. The van der Waals surface area contributed by atoms with Crippen LogP contribution >= 0.6 is 11.8 Å². The molecule has 2 unspecified atom stereocenters. The molecule has 2 atom stereocenters. The Labute approximate surface area is 108 Å². The summed E-state index contributed by atoms with van der Waals surface area (Å²) in [7, 11) is 1.25. The van der Waals surface area contributed by atoms with Gasteiger partial charge in [0.05, 0.1) is 11.9 Å². The number of hydrogen-bond donors (Lipinski definition) is 1. The maximum atomic E-state index is 12.2. The SMILES string of the molecule is CCC1SCC(C(=O)O)N1C(=O)N(C)CC(F)F. The minimum absolute atomic E-state index is 0.265. The van der Waals surface area contributed by atoms with Crippen LogP contribution in [0.15, 0.2) is 0 Å². The van der Waals surface area contributed by atoms with E-state index in [1.807, 2.05) is 6.92 Å². The smallest absolute Gasteiger partial charge is 0.327 e. The largest absolute Gasteiger partial charge is 0.480 e. The van der Waals surface area contributed by atoms with Crippen molar-refractivity contribution in [2.75, 3.05) is 19.3 Å². The Balaban J connectivity index is 2.81. The van der Waals surface area contributed by atoms with Crippen molar-refractivity contribution in [2.45, 2.75) is 31.2 Å². The normalized spacial score (nSPS) is 23.5. The number of aliphatic carboxylic acids is 1. The Hall–Kier alpha value is -1.05. The number of halogens is 2. The zero-order valence-electron chi connectivity index (χ0n) is 10.2. The van der Waals surface area contributed by atoms with E-state index in [1.165, 1.54) is 23.7 Å². The van der Waals surface area contributed by atoms with Gasteiger partial charge in [-0.1, -0.05) is 6.92 Å². The number of thioether (sulfide) groups is 1. The first-order valence-electron chi connectivity index (χ1n) is 5.54. The molecule has 18 heavy (non-hydrogen) atoms. The Morgan fingerprint density at radius 1 is 1.56 bits per heavy atom. The quantitative estimate of drug-likeness (QED) is 0.849. The fraction of sp³-hybridized carbons (Fsp3) is 0.800. The minimum atomic E-state index is -2.63. The van der Waals surface area contributed by atoms with Gasteiger partial charge in [-0.25, -0.2) is 18.4 Å². The molecular weight excluding hydrogens is 266 g/mol. The second kappa shape index (κ2) is 6.21. The molecule has 104 valence electrons. The van der Waals surface area contributed by atoms with Crippen LogP contribution in [0.3, 0.4) is 0 Å².